The summed E-state index contributed by atoms with van der Waals surface area (Å²) in [5.74, 6) is 1.97. The molecule has 8 aliphatic rings. The van der Waals surface area contributed by atoms with E-state index in [1.807, 2.05) is 0 Å². The Morgan fingerprint density at radius 3 is 0.828 bits per heavy atom. The summed E-state index contributed by atoms with van der Waals surface area (Å²) in [5.41, 5.74) is 2.68. The van der Waals surface area contributed by atoms with Gasteiger partial charge >= 0.3 is 34.5 Å². The summed E-state index contributed by atoms with van der Waals surface area (Å²) in [6.07, 6.45) is 54.8. The summed E-state index contributed by atoms with van der Waals surface area (Å²) in [6.45, 7) is 0. The molecule has 8 fully saturated rings. The predicted octanol–water partition coefficient (Wildman–Crippen LogP) is 16.4. The van der Waals surface area contributed by atoms with Crippen LogP contribution < -0.4 is 0 Å². The fourth-order valence-corrected chi connectivity index (χ4v) is 20.4. The van der Waals surface area contributed by atoms with Gasteiger partial charge in [-0.05, 0) is 165 Å². The molecule has 8 rings (SSSR count). The van der Waals surface area contributed by atoms with Crippen molar-refractivity contribution in [3.63, 3.8) is 0 Å². The second-order valence-electron chi connectivity index (χ2n) is 21.7. The Bertz CT molecular complexity index is 942. The quantitative estimate of drug-likeness (QED) is 0.160. The summed E-state index contributed by atoms with van der Waals surface area (Å²) in [4.78, 5) is 0. The van der Waals surface area contributed by atoms with Gasteiger partial charge in [-0.15, -0.1) is 12.1 Å². The maximum absolute atomic E-state index is 12.4. The summed E-state index contributed by atoms with van der Waals surface area (Å²) in [7, 11) is 9.66. The molecule has 0 radical (unpaired) electrons. The third kappa shape index (κ3) is 14.3. The van der Waals surface area contributed by atoms with E-state index >= 15 is 0 Å². The van der Waals surface area contributed by atoms with Crippen molar-refractivity contribution in [1.82, 2.24) is 0 Å². The average molecular weight is 954 g/mol. The number of rotatable bonds is 11. The molecule has 340 valence electrons. The Balaban J connectivity index is 0.000000215. The zero-order chi connectivity index (χ0) is 40.5. The molecule has 7 heteroatoms. The van der Waals surface area contributed by atoms with Gasteiger partial charge in [0.05, 0.1) is 28.2 Å². The molecule has 2 atom stereocenters. The van der Waals surface area contributed by atoms with Crippen molar-refractivity contribution in [3.05, 3.63) is 5.32 Å². The molecule has 2 N–H and O–H groups in total. The van der Waals surface area contributed by atoms with Crippen LogP contribution in [0.2, 0.25) is 0 Å². The maximum atomic E-state index is 12.4. The van der Waals surface area contributed by atoms with Gasteiger partial charge in [0.1, 0.15) is 0 Å². The van der Waals surface area contributed by atoms with Crippen LogP contribution in [-0.4, -0.2) is 50.5 Å². The molecule has 0 aromatic heterocycles. The van der Waals surface area contributed by atoms with Gasteiger partial charge in [-0.3, -0.25) is 0 Å². The standard InChI is InChI=1S/C33H58NO2.C18H33P.2ClH.Ru/c35-32(26-14-5-1-6-15-26,27-16-7-2-8-17-27)24-30-22-13-23-31(34-30)25-33(36,28-18-9-3-10-19-28)29-20-11-4-12-21-29;1-4-10-16(11-5-1)19(17-12-6-2-7-13-17)18-14-8-3-9-15-18;;;/h26-31,35-36H,1-25H2;16-18H,1-15H2;2*1H;/q-1;;;;+2/p-1. The van der Waals surface area contributed by atoms with E-state index in [0.29, 0.717) is 35.8 Å². The monoisotopic (exact) mass is 954 g/mol. The van der Waals surface area contributed by atoms with Gasteiger partial charge in [0.15, 0.2) is 0 Å². The molecule has 0 bridgehead atoms. The molecule has 0 amide bonds. The third-order valence-electron chi connectivity index (χ3n) is 18.1. The normalized spacial score (nSPS) is 29.4. The Kier molecular flexibility index (Phi) is 22.3. The molecule has 1 heterocycles. The van der Waals surface area contributed by atoms with Crippen molar-refractivity contribution in [1.29, 1.82) is 0 Å². The fraction of sp³-hybridized carbons (Fsp3) is 1.00. The van der Waals surface area contributed by atoms with E-state index in [4.69, 9.17) is 24.7 Å². The van der Waals surface area contributed by atoms with Gasteiger partial charge in [-0.1, -0.05) is 116 Å². The van der Waals surface area contributed by atoms with Crippen LogP contribution in [0.3, 0.4) is 0 Å². The molecule has 0 spiro atoms. The molecule has 7 saturated carbocycles. The zero-order valence-electron chi connectivity index (χ0n) is 37.4. The second kappa shape index (κ2) is 26.5. The van der Waals surface area contributed by atoms with Crippen LogP contribution in [0.15, 0.2) is 0 Å². The van der Waals surface area contributed by atoms with E-state index < -0.39 is 11.2 Å². The SMILES string of the molecule is C1CCC([PH+](C2CCCCC2)C2CCCCC2)CC1.OC(CC1CCCC(CC(O)(C2CCCCC2)C2CCCCC2)[N-]1)(C1CCCCC1)C1CCCCC1.[Cl][Ru][Cl]. The van der Waals surface area contributed by atoms with Gasteiger partial charge in [-0.2, -0.15) is 0 Å². The molecular formula is C51H92Cl2NO2PRu. The number of nitrogens with zero attached hydrogens (tertiary/aromatic N) is 1. The summed E-state index contributed by atoms with van der Waals surface area (Å²) in [6, 6.07) is 0.610. The van der Waals surface area contributed by atoms with Gasteiger partial charge < -0.3 is 15.5 Å². The topological polar surface area (TPSA) is 54.6 Å². The first-order chi connectivity index (χ1) is 28.4. The molecule has 0 aromatic rings. The van der Waals surface area contributed by atoms with E-state index in [-0.39, 0.29) is 23.1 Å². The first-order valence-electron chi connectivity index (χ1n) is 26.3. The van der Waals surface area contributed by atoms with Crippen molar-refractivity contribution >= 4 is 27.3 Å². The molecule has 1 saturated heterocycles. The van der Waals surface area contributed by atoms with Crippen molar-refractivity contribution in [3.8, 4) is 0 Å². The summed E-state index contributed by atoms with van der Waals surface area (Å²) in [5, 5.41) is 30.4. The van der Waals surface area contributed by atoms with Crippen LogP contribution in [0, 0.1) is 23.7 Å². The van der Waals surface area contributed by atoms with Gasteiger partial charge in [-0.25, -0.2) is 0 Å². The van der Waals surface area contributed by atoms with Crippen LogP contribution in [0.1, 0.15) is 257 Å². The Hall–Kier alpha value is 1.51. The van der Waals surface area contributed by atoms with Crippen LogP contribution in [-0.2, 0) is 15.1 Å². The van der Waals surface area contributed by atoms with E-state index in [1.165, 1.54) is 152 Å². The van der Waals surface area contributed by atoms with Crippen LogP contribution in [0.4, 0.5) is 0 Å². The van der Waals surface area contributed by atoms with E-state index in [0.717, 1.165) is 25.7 Å². The van der Waals surface area contributed by atoms with Gasteiger partial charge in [0.2, 0.25) is 0 Å². The Labute approximate surface area is 376 Å². The van der Waals surface area contributed by atoms with E-state index in [2.05, 4.69) is 0 Å². The van der Waals surface area contributed by atoms with Crippen LogP contribution >= 0.6 is 27.3 Å². The summed E-state index contributed by atoms with van der Waals surface area (Å²) >= 11 is -0.346. The number of aliphatic hydroxyl groups is 2. The molecule has 0 aromatic carbocycles. The molecule has 3 nitrogen and oxygen atoms in total. The Morgan fingerprint density at radius 2 is 0.586 bits per heavy atom. The molecule has 2 unspecified atom stereocenters. The number of hydrogen-bond donors (Lipinski definition) is 2. The minimum atomic E-state index is -0.500. The van der Waals surface area contributed by atoms with Gasteiger partial charge in [0, 0.05) is 7.92 Å². The fourth-order valence-electron chi connectivity index (χ4n) is 15.2. The second-order valence-corrected chi connectivity index (χ2v) is 27.8. The first-order valence-corrected chi connectivity index (χ1v) is 32.5. The van der Waals surface area contributed by atoms with Crippen molar-refractivity contribution in [2.45, 2.75) is 297 Å². The Morgan fingerprint density at radius 1 is 0.362 bits per heavy atom. The first kappa shape index (κ1) is 49.0. The number of halogens is 2. The van der Waals surface area contributed by atoms with Crippen LogP contribution in [0.5, 0.6) is 0 Å². The predicted molar refractivity (Wildman–Crippen MR) is 251 cm³/mol. The average Bonchev–Trinajstić information content (AvgIpc) is 3.29. The van der Waals surface area contributed by atoms with Crippen molar-refractivity contribution in [2.75, 3.05) is 0 Å². The van der Waals surface area contributed by atoms with E-state index in [9.17, 15) is 10.2 Å². The minimum absolute atomic E-state index is 0.0465. The van der Waals surface area contributed by atoms with Crippen LogP contribution in [0.25, 0.3) is 5.32 Å². The molecule has 58 heavy (non-hydrogen) atoms. The third-order valence-corrected chi connectivity index (χ3v) is 22.7. The van der Waals surface area contributed by atoms with E-state index in [1.54, 1.807) is 96.3 Å². The molecule has 7 aliphatic carbocycles. The van der Waals surface area contributed by atoms with Crippen molar-refractivity contribution < 1.29 is 25.4 Å². The number of hydrogen-bond acceptors (Lipinski definition) is 2. The number of piperidine rings is 1. The molecular weight excluding hydrogens is 862 g/mol. The summed E-state index contributed by atoms with van der Waals surface area (Å²) < 4.78 is 0. The van der Waals surface area contributed by atoms with Crippen molar-refractivity contribution in [2.24, 2.45) is 23.7 Å². The zero-order valence-corrected chi connectivity index (χ0v) is 41.7. The van der Waals surface area contributed by atoms with Gasteiger partial charge in [0.25, 0.3) is 0 Å². The molecule has 1 aliphatic heterocycles.